The summed E-state index contributed by atoms with van der Waals surface area (Å²) >= 11 is 1.41. The number of hydrogen-bond donors (Lipinski definition) is 2. The Morgan fingerprint density at radius 2 is 1.64 bits per heavy atom. The molecule has 1 aliphatic rings. The molecule has 36 heavy (non-hydrogen) atoms. The van der Waals surface area contributed by atoms with E-state index in [0.29, 0.717) is 12.3 Å². The summed E-state index contributed by atoms with van der Waals surface area (Å²) in [5, 5.41) is 8.74. The summed E-state index contributed by atoms with van der Waals surface area (Å²) in [4.78, 5) is 30.1. The minimum Gasteiger partial charge on any atom is -0.497 e. The molecule has 1 saturated carbocycles. The van der Waals surface area contributed by atoms with Crippen LogP contribution >= 0.6 is 11.3 Å². The molecule has 0 saturated heterocycles. The first-order valence-electron chi connectivity index (χ1n) is 12.3. The molecule has 190 valence electrons. The van der Waals surface area contributed by atoms with Gasteiger partial charge in [0, 0.05) is 17.5 Å². The van der Waals surface area contributed by atoms with Crippen LogP contribution in [0, 0.1) is 13.8 Å². The van der Waals surface area contributed by atoms with Crippen molar-refractivity contribution in [2.75, 3.05) is 7.11 Å². The second-order valence-corrected chi connectivity index (χ2v) is 10.2. The molecule has 2 atom stereocenters. The maximum absolute atomic E-state index is 12.9. The first-order valence-corrected chi connectivity index (χ1v) is 13.2. The van der Waals surface area contributed by atoms with Crippen LogP contribution < -0.4 is 20.1 Å². The number of nitrogens with one attached hydrogen (secondary N) is 2. The summed E-state index contributed by atoms with van der Waals surface area (Å²) in [7, 11) is 1.62. The van der Waals surface area contributed by atoms with Crippen LogP contribution in [0.2, 0.25) is 0 Å². The fourth-order valence-corrected chi connectivity index (χ4v) is 5.23. The molecule has 1 aromatic heterocycles. The number of benzene rings is 2. The van der Waals surface area contributed by atoms with E-state index in [1.165, 1.54) is 11.3 Å². The van der Waals surface area contributed by atoms with E-state index in [2.05, 4.69) is 21.7 Å². The Balaban J connectivity index is 1.31. The maximum atomic E-state index is 12.9. The highest BCUT2D eigenvalue weighted by molar-refractivity contribution is 7.09. The van der Waals surface area contributed by atoms with Crippen molar-refractivity contribution in [1.29, 1.82) is 0 Å². The molecular weight excluding hydrogens is 474 g/mol. The molecule has 2 aromatic carbocycles. The van der Waals surface area contributed by atoms with Crippen LogP contribution in [0.15, 0.2) is 47.8 Å². The molecule has 1 heterocycles. The van der Waals surface area contributed by atoms with Gasteiger partial charge in [0.05, 0.1) is 13.5 Å². The number of aromatic nitrogens is 1. The smallest absolute Gasteiger partial charge is 0.271 e. The normalized spacial score (nSPS) is 17.3. The molecule has 2 N–H and O–H groups in total. The van der Waals surface area contributed by atoms with Crippen molar-refractivity contribution in [3.63, 3.8) is 0 Å². The number of aryl methyl sites for hydroxylation is 2. The highest BCUT2D eigenvalue weighted by atomic mass is 32.1. The summed E-state index contributed by atoms with van der Waals surface area (Å²) in [6, 6.07) is 13.3. The number of hydrogen-bond acceptors (Lipinski definition) is 6. The highest BCUT2D eigenvalue weighted by Crippen LogP contribution is 2.21. The van der Waals surface area contributed by atoms with Crippen molar-refractivity contribution >= 4 is 23.2 Å². The molecule has 2 amide bonds. The van der Waals surface area contributed by atoms with Crippen LogP contribution in [0.25, 0.3) is 0 Å². The van der Waals surface area contributed by atoms with Gasteiger partial charge in [0.25, 0.3) is 5.91 Å². The third-order valence-corrected chi connectivity index (χ3v) is 7.12. The lowest BCUT2D eigenvalue weighted by Gasteiger charge is -2.32. The van der Waals surface area contributed by atoms with Crippen molar-refractivity contribution in [3.05, 3.63) is 75.2 Å². The van der Waals surface area contributed by atoms with E-state index in [0.717, 1.165) is 58.9 Å². The zero-order valence-electron chi connectivity index (χ0n) is 21.0. The Morgan fingerprint density at radius 1 is 0.972 bits per heavy atom. The highest BCUT2D eigenvalue weighted by Gasteiger charge is 2.28. The minimum absolute atomic E-state index is 0.0502. The van der Waals surface area contributed by atoms with Crippen LogP contribution in [0.1, 0.15) is 57.9 Å². The van der Waals surface area contributed by atoms with Gasteiger partial charge in [0.1, 0.15) is 28.8 Å². The molecule has 1 fully saturated rings. The van der Waals surface area contributed by atoms with Gasteiger partial charge in [-0.25, -0.2) is 4.98 Å². The van der Waals surface area contributed by atoms with E-state index >= 15 is 0 Å². The van der Waals surface area contributed by atoms with Gasteiger partial charge >= 0.3 is 0 Å². The van der Waals surface area contributed by atoms with E-state index in [4.69, 9.17) is 9.47 Å². The Kier molecular flexibility index (Phi) is 8.59. The average Bonchev–Trinajstić information content (AvgIpc) is 3.33. The van der Waals surface area contributed by atoms with Gasteiger partial charge in [-0.05, 0) is 67.6 Å². The fourth-order valence-electron chi connectivity index (χ4n) is 4.55. The summed E-state index contributed by atoms with van der Waals surface area (Å²) in [6.07, 6.45) is 3.99. The second-order valence-electron chi connectivity index (χ2n) is 9.30. The molecule has 3 aromatic rings. The van der Waals surface area contributed by atoms with E-state index in [1.54, 1.807) is 12.5 Å². The summed E-state index contributed by atoms with van der Waals surface area (Å²) < 4.78 is 11.1. The molecular formula is C28H33N3O4S. The first-order chi connectivity index (χ1) is 17.4. The van der Waals surface area contributed by atoms with Crippen molar-refractivity contribution in [1.82, 2.24) is 15.6 Å². The van der Waals surface area contributed by atoms with Gasteiger partial charge in [-0.1, -0.05) is 31.0 Å². The van der Waals surface area contributed by atoms with E-state index < -0.39 is 0 Å². The van der Waals surface area contributed by atoms with Gasteiger partial charge in [0.2, 0.25) is 5.91 Å². The maximum Gasteiger partial charge on any atom is 0.271 e. The van der Waals surface area contributed by atoms with Crippen molar-refractivity contribution in [2.45, 2.75) is 64.6 Å². The Labute approximate surface area is 216 Å². The molecule has 1 aliphatic carbocycles. The van der Waals surface area contributed by atoms with Gasteiger partial charge < -0.3 is 20.1 Å². The van der Waals surface area contributed by atoms with Crippen LogP contribution in [-0.4, -0.2) is 36.0 Å². The number of rotatable bonds is 9. The molecule has 0 radical (unpaired) electrons. The van der Waals surface area contributed by atoms with Crippen molar-refractivity contribution < 1.29 is 19.1 Å². The second kappa shape index (κ2) is 12.0. The largest absolute Gasteiger partial charge is 0.497 e. The minimum atomic E-state index is -0.217. The van der Waals surface area contributed by atoms with Crippen LogP contribution in [0.4, 0.5) is 0 Å². The van der Waals surface area contributed by atoms with E-state index in [1.807, 2.05) is 50.2 Å². The summed E-state index contributed by atoms with van der Waals surface area (Å²) in [6.45, 7) is 4.38. The topological polar surface area (TPSA) is 89.6 Å². The number of amides is 2. The Hall–Kier alpha value is -3.39. The molecule has 7 nitrogen and oxygen atoms in total. The zero-order valence-corrected chi connectivity index (χ0v) is 21.8. The predicted molar refractivity (Wildman–Crippen MR) is 141 cm³/mol. The number of carbonyl (C=O) groups is 2. The van der Waals surface area contributed by atoms with Gasteiger partial charge in [-0.3, -0.25) is 9.59 Å². The van der Waals surface area contributed by atoms with E-state index in [9.17, 15) is 9.59 Å². The van der Waals surface area contributed by atoms with E-state index in [-0.39, 0.29) is 30.3 Å². The predicted octanol–water partition coefficient (Wildman–Crippen LogP) is 4.75. The number of nitrogens with zero attached hydrogens (tertiary/aromatic N) is 1. The molecule has 8 heteroatoms. The third-order valence-electron chi connectivity index (χ3n) is 6.29. The van der Waals surface area contributed by atoms with Crippen molar-refractivity contribution in [3.8, 4) is 11.5 Å². The fraction of sp³-hybridized carbons (Fsp3) is 0.393. The molecule has 4 rings (SSSR count). The van der Waals surface area contributed by atoms with Gasteiger partial charge in [-0.2, -0.15) is 0 Å². The summed E-state index contributed by atoms with van der Waals surface area (Å²) in [5.74, 6) is 1.29. The quantitative estimate of drug-likeness (QED) is 0.436. The molecule has 0 aliphatic heterocycles. The number of thiazole rings is 1. The molecule has 0 bridgehead atoms. The number of carbonyl (C=O) groups excluding carboxylic acids is 2. The zero-order chi connectivity index (χ0) is 25.5. The SMILES string of the molecule is COc1ccc(CC(=O)N[C@@H]2CCCC[C@H]2NC(=O)c2csc(COc3cc(C)cc(C)c3)n2)cc1. The van der Waals surface area contributed by atoms with Crippen LogP contribution in [0.3, 0.4) is 0 Å². The molecule has 0 spiro atoms. The number of methoxy groups -OCH3 is 1. The summed E-state index contributed by atoms with van der Waals surface area (Å²) in [5.41, 5.74) is 3.58. The Bertz CT molecular complexity index is 1170. The van der Waals surface area contributed by atoms with Gasteiger partial charge in [0.15, 0.2) is 0 Å². The third kappa shape index (κ3) is 7.07. The van der Waals surface area contributed by atoms with Crippen LogP contribution in [-0.2, 0) is 17.8 Å². The number of ether oxygens (including phenoxy) is 2. The lowest BCUT2D eigenvalue weighted by Crippen LogP contribution is -2.53. The van der Waals surface area contributed by atoms with Crippen LogP contribution in [0.5, 0.6) is 11.5 Å². The average molecular weight is 508 g/mol. The standard InChI is InChI=1S/C28H33N3O4S/c1-18-12-19(2)14-22(13-18)35-16-27-30-25(17-36-27)28(33)31-24-7-5-4-6-23(24)29-26(32)15-20-8-10-21(34-3)11-9-20/h8-14,17,23-24H,4-7,15-16H2,1-3H3,(H,29,32)(H,31,33)/t23-,24-/m1/s1. The lowest BCUT2D eigenvalue weighted by molar-refractivity contribution is -0.121. The molecule has 0 unspecified atom stereocenters. The van der Waals surface area contributed by atoms with Gasteiger partial charge in [-0.15, -0.1) is 11.3 Å². The Morgan fingerprint density at radius 3 is 2.31 bits per heavy atom. The lowest BCUT2D eigenvalue weighted by atomic mass is 9.90. The first kappa shape index (κ1) is 25.7. The van der Waals surface area contributed by atoms with Crippen molar-refractivity contribution in [2.24, 2.45) is 0 Å². The monoisotopic (exact) mass is 507 g/mol.